The predicted octanol–water partition coefficient (Wildman–Crippen LogP) is 4.96. The molecule has 0 N–H and O–H groups in total. The predicted molar refractivity (Wildman–Crippen MR) is 79.1 cm³/mol. The number of ether oxygens (including phenoxy) is 2. The van der Waals surface area contributed by atoms with Crippen LogP contribution in [0.3, 0.4) is 0 Å². The van der Waals surface area contributed by atoms with E-state index in [1.54, 1.807) is 0 Å². The maximum Gasteiger partial charge on any atom is 0.0699 e. The van der Waals surface area contributed by atoms with Crippen molar-refractivity contribution in [3.05, 3.63) is 0 Å². The van der Waals surface area contributed by atoms with Gasteiger partial charge in [-0.1, -0.05) is 34.1 Å². The summed E-state index contributed by atoms with van der Waals surface area (Å²) in [5, 5.41) is 0. The molecule has 0 aromatic rings. The minimum atomic E-state index is 0.00668. The third-order valence-electron chi connectivity index (χ3n) is 3.80. The summed E-state index contributed by atoms with van der Waals surface area (Å²) in [6.07, 6.45) is 6.53. The molecule has 2 nitrogen and oxygen atoms in total. The fraction of sp³-hybridized carbons (Fsp3) is 1.00. The van der Waals surface area contributed by atoms with E-state index < -0.39 is 0 Å². The summed E-state index contributed by atoms with van der Waals surface area (Å²) in [6.45, 7) is 14.8. The van der Waals surface area contributed by atoms with Gasteiger partial charge in [-0.2, -0.15) is 0 Å². The lowest BCUT2D eigenvalue weighted by molar-refractivity contribution is -0.0939. The summed E-state index contributed by atoms with van der Waals surface area (Å²) in [5.74, 6) is 0. The summed E-state index contributed by atoms with van der Waals surface area (Å²) < 4.78 is 12.1. The lowest BCUT2D eigenvalue weighted by Gasteiger charge is -2.34. The molecule has 0 saturated heterocycles. The van der Waals surface area contributed by atoms with Crippen LogP contribution in [0.2, 0.25) is 0 Å². The third-order valence-corrected chi connectivity index (χ3v) is 3.80. The molecule has 0 spiro atoms. The number of hydrogen-bond acceptors (Lipinski definition) is 2. The fourth-order valence-corrected chi connectivity index (χ4v) is 2.39. The first kappa shape index (κ1) is 17.9. The van der Waals surface area contributed by atoms with Crippen LogP contribution in [-0.4, -0.2) is 24.4 Å². The first-order valence-electron chi connectivity index (χ1n) is 7.73. The standard InChI is InChI=1S/C16H34O2/c1-7-11-15(5,6)17-14-12-16(9-3,10-4)18-13-8-2/h7-14H2,1-6H3. The van der Waals surface area contributed by atoms with Crippen molar-refractivity contribution in [1.82, 2.24) is 0 Å². The van der Waals surface area contributed by atoms with Gasteiger partial charge in [0, 0.05) is 6.61 Å². The smallest absolute Gasteiger partial charge is 0.0699 e. The van der Waals surface area contributed by atoms with E-state index in [1.165, 1.54) is 6.42 Å². The van der Waals surface area contributed by atoms with Crippen LogP contribution in [0.1, 0.15) is 80.1 Å². The van der Waals surface area contributed by atoms with E-state index in [4.69, 9.17) is 9.47 Å². The molecular formula is C16H34O2. The molecule has 0 aliphatic rings. The highest BCUT2D eigenvalue weighted by molar-refractivity contribution is 4.78. The molecule has 0 aliphatic heterocycles. The zero-order valence-corrected chi connectivity index (χ0v) is 13.5. The second kappa shape index (κ2) is 8.92. The van der Waals surface area contributed by atoms with Crippen molar-refractivity contribution in [2.24, 2.45) is 0 Å². The van der Waals surface area contributed by atoms with Crippen LogP contribution in [0.25, 0.3) is 0 Å². The summed E-state index contributed by atoms with van der Waals surface area (Å²) in [5.41, 5.74) is 0.0328. The van der Waals surface area contributed by atoms with Crippen molar-refractivity contribution in [1.29, 1.82) is 0 Å². The molecule has 0 rings (SSSR count). The van der Waals surface area contributed by atoms with Crippen LogP contribution in [0.5, 0.6) is 0 Å². The minimum absolute atomic E-state index is 0.00668. The Labute approximate surface area is 114 Å². The van der Waals surface area contributed by atoms with Crippen molar-refractivity contribution in [3.63, 3.8) is 0 Å². The molecule has 0 fully saturated rings. The van der Waals surface area contributed by atoms with Gasteiger partial charge in [0.25, 0.3) is 0 Å². The first-order valence-corrected chi connectivity index (χ1v) is 7.73. The molecule has 0 aliphatic carbocycles. The summed E-state index contributed by atoms with van der Waals surface area (Å²) in [6, 6.07) is 0. The van der Waals surface area contributed by atoms with Crippen molar-refractivity contribution in [2.45, 2.75) is 91.3 Å². The Morgan fingerprint density at radius 2 is 1.33 bits per heavy atom. The lowest BCUT2D eigenvalue weighted by atomic mass is 9.93. The molecule has 0 amide bonds. The molecule has 0 unspecified atom stereocenters. The molecule has 110 valence electrons. The molecule has 0 saturated carbocycles. The van der Waals surface area contributed by atoms with Gasteiger partial charge >= 0.3 is 0 Å². The third kappa shape index (κ3) is 6.75. The van der Waals surface area contributed by atoms with E-state index in [0.29, 0.717) is 0 Å². The molecule has 18 heavy (non-hydrogen) atoms. The molecule has 0 heterocycles. The van der Waals surface area contributed by atoms with Crippen molar-refractivity contribution in [3.8, 4) is 0 Å². The maximum absolute atomic E-state index is 6.07. The Morgan fingerprint density at radius 3 is 1.78 bits per heavy atom. The highest BCUT2D eigenvalue weighted by atomic mass is 16.5. The van der Waals surface area contributed by atoms with Gasteiger partial charge in [-0.3, -0.25) is 0 Å². The van der Waals surface area contributed by atoms with Gasteiger partial charge in [0.1, 0.15) is 0 Å². The van der Waals surface area contributed by atoms with Crippen molar-refractivity contribution in [2.75, 3.05) is 13.2 Å². The number of rotatable bonds is 11. The van der Waals surface area contributed by atoms with Crippen LogP contribution in [0.15, 0.2) is 0 Å². The van der Waals surface area contributed by atoms with E-state index in [2.05, 4.69) is 41.5 Å². The van der Waals surface area contributed by atoms with Gasteiger partial charge in [0.2, 0.25) is 0 Å². The van der Waals surface area contributed by atoms with Gasteiger partial charge in [0.05, 0.1) is 17.8 Å². The van der Waals surface area contributed by atoms with E-state index >= 15 is 0 Å². The second-order valence-electron chi connectivity index (χ2n) is 5.85. The van der Waals surface area contributed by atoms with Gasteiger partial charge in [-0.25, -0.2) is 0 Å². The van der Waals surface area contributed by atoms with E-state index in [9.17, 15) is 0 Å². The van der Waals surface area contributed by atoms with E-state index in [0.717, 1.165) is 45.3 Å². The van der Waals surface area contributed by atoms with Crippen LogP contribution in [-0.2, 0) is 9.47 Å². The Kier molecular flexibility index (Phi) is 8.89. The van der Waals surface area contributed by atoms with Crippen molar-refractivity contribution >= 4 is 0 Å². The highest BCUT2D eigenvalue weighted by Gasteiger charge is 2.27. The van der Waals surface area contributed by atoms with Crippen LogP contribution < -0.4 is 0 Å². The summed E-state index contributed by atoms with van der Waals surface area (Å²) in [4.78, 5) is 0. The van der Waals surface area contributed by atoms with Crippen molar-refractivity contribution < 1.29 is 9.47 Å². The van der Waals surface area contributed by atoms with Gasteiger partial charge in [-0.05, 0) is 46.0 Å². The van der Waals surface area contributed by atoms with Gasteiger partial charge < -0.3 is 9.47 Å². The topological polar surface area (TPSA) is 18.5 Å². The van der Waals surface area contributed by atoms with Crippen LogP contribution in [0, 0.1) is 0 Å². The average molecular weight is 258 g/mol. The molecule has 0 bridgehead atoms. The highest BCUT2D eigenvalue weighted by Crippen LogP contribution is 2.26. The van der Waals surface area contributed by atoms with Gasteiger partial charge in [-0.15, -0.1) is 0 Å². The van der Waals surface area contributed by atoms with E-state index in [-0.39, 0.29) is 11.2 Å². The maximum atomic E-state index is 6.07. The summed E-state index contributed by atoms with van der Waals surface area (Å²) in [7, 11) is 0. The molecule has 0 aromatic heterocycles. The largest absolute Gasteiger partial charge is 0.375 e. The molecular weight excluding hydrogens is 224 g/mol. The molecule has 0 aromatic carbocycles. The Morgan fingerprint density at radius 1 is 0.722 bits per heavy atom. The molecule has 0 atom stereocenters. The zero-order chi connectivity index (χ0) is 14.1. The van der Waals surface area contributed by atoms with Crippen LogP contribution >= 0.6 is 0 Å². The van der Waals surface area contributed by atoms with Crippen LogP contribution in [0.4, 0.5) is 0 Å². The van der Waals surface area contributed by atoms with Gasteiger partial charge in [0.15, 0.2) is 0 Å². The SMILES string of the molecule is CCCOC(CC)(CC)CCOC(C)(C)CCC. The monoisotopic (exact) mass is 258 g/mol. The van der Waals surface area contributed by atoms with E-state index in [1.807, 2.05) is 0 Å². The normalized spacial score (nSPS) is 13.0. The number of hydrogen-bond donors (Lipinski definition) is 0. The minimum Gasteiger partial charge on any atom is -0.375 e. The lowest BCUT2D eigenvalue weighted by Crippen LogP contribution is -2.35. The zero-order valence-electron chi connectivity index (χ0n) is 13.5. The molecule has 2 heteroatoms. The Bertz CT molecular complexity index is 195. The fourth-order valence-electron chi connectivity index (χ4n) is 2.39. The Hall–Kier alpha value is -0.0800. The Balaban J connectivity index is 4.18. The molecule has 0 radical (unpaired) electrons. The summed E-state index contributed by atoms with van der Waals surface area (Å²) >= 11 is 0. The first-order chi connectivity index (χ1) is 8.45. The quantitative estimate of drug-likeness (QED) is 0.521. The second-order valence-corrected chi connectivity index (χ2v) is 5.85. The average Bonchev–Trinajstić information content (AvgIpc) is 2.33.